The van der Waals surface area contributed by atoms with Gasteiger partial charge in [-0.1, -0.05) is 18.2 Å². The molecule has 2 aliphatic carbocycles. The van der Waals surface area contributed by atoms with Crippen LogP contribution in [0.2, 0.25) is 0 Å². The fourth-order valence-corrected chi connectivity index (χ4v) is 4.22. The average Bonchev–Trinajstić information content (AvgIpc) is 3.52. The third-order valence-electron chi connectivity index (χ3n) is 6.41. The first-order chi connectivity index (χ1) is 14.0. The number of ether oxygens (including phenoxy) is 1. The van der Waals surface area contributed by atoms with Crippen LogP contribution < -0.4 is 10.1 Å². The van der Waals surface area contributed by atoms with E-state index in [2.05, 4.69) is 22.5 Å². The summed E-state index contributed by atoms with van der Waals surface area (Å²) >= 11 is 0. The van der Waals surface area contributed by atoms with Crippen LogP contribution in [0.3, 0.4) is 0 Å². The molecule has 1 N–H and O–H groups in total. The number of methoxy groups -OCH3 is 1. The summed E-state index contributed by atoms with van der Waals surface area (Å²) in [6.45, 7) is 3.34. The summed E-state index contributed by atoms with van der Waals surface area (Å²) in [4.78, 5) is 31.8. The molecule has 29 heavy (non-hydrogen) atoms. The minimum absolute atomic E-state index is 0.0112. The maximum Gasteiger partial charge on any atom is 0.253 e. The lowest BCUT2D eigenvalue weighted by Crippen LogP contribution is -2.49. The van der Waals surface area contributed by atoms with E-state index in [0.29, 0.717) is 16.7 Å². The molecule has 154 valence electrons. The van der Waals surface area contributed by atoms with Crippen LogP contribution in [0.4, 0.5) is 0 Å². The Morgan fingerprint density at radius 2 is 1.97 bits per heavy atom. The lowest BCUT2D eigenvalue weighted by molar-refractivity contribution is -0.134. The molecule has 2 fully saturated rings. The molecule has 2 heterocycles. The molecule has 0 bridgehead atoms. The first-order valence-electron chi connectivity index (χ1n) is 10.5. The number of carbonyl (C=O) groups is 2. The van der Waals surface area contributed by atoms with Crippen molar-refractivity contribution in [2.45, 2.75) is 51.5 Å². The van der Waals surface area contributed by atoms with Crippen LogP contribution in [-0.2, 0) is 4.79 Å². The van der Waals surface area contributed by atoms with Crippen molar-refractivity contribution < 1.29 is 14.3 Å². The average molecular weight is 396 g/mol. The van der Waals surface area contributed by atoms with Crippen molar-refractivity contribution in [2.75, 3.05) is 20.2 Å². The quantitative estimate of drug-likeness (QED) is 0.830. The summed E-state index contributed by atoms with van der Waals surface area (Å²) in [6, 6.07) is 1.13. The predicted octanol–water partition coefficient (Wildman–Crippen LogP) is 3.34. The van der Waals surface area contributed by atoms with Gasteiger partial charge in [0.15, 0.2) is 0 Å². The van der Waals surface area contributed by atoms with Crippen LogP contribution in [0, 0.1) is 5.41 Å². The number of likely N-dealkylation sites (tertiary alicyclic amines) is 1. The molecule has 1 aromatic heterocycles. The third kappa shape index (κ3) is 4.21. The number of allylic oxidation sites excluding steroid dienone is 4. The van der Waals surface area contributed by atoms with E-state index in [4.69, 9.17) is 4.74 Å². The zero-order chi connectivity index (χ0) is 20.4. The van der Waals surface area contributed by atoms with Crippen molar-refractivity contribution in [1.29, 1.82) is 0 Å². The normalized spacial score (nSPS) is 20.8. The molecular formula is C23H29N3O3. The van der Waals surface area contributed by atoms with Crippen molar-refractivity contribution in [3.63, 3.8) is 0 Å². The highest BCUT2D eigenvalue weighted by Gasteiger charge is 2.45. The van der Waals surface area contributed by atoms with Gasteiger partial charge >= 0.3 is 0 Å². The molecule has 2 amide bonds. The first kappa shape index (κ1) is 19.7. The maximum absolute atomic E-state index is 12.7. The van der Waals surface area contributed by atoms with Gasteiger partial charge in [0.25, 0.3) is 5.91 Å². The van der Waals surface area contributed by atoms with Crippen LogP contribution in [0.5, 0.6) is 5.75 Å². The highest BCUT2D eigenvalue weighted by molar-refractivity contribution is 5.98. The van der Waals surface area contributed by atoms with Crippen LogP contribution in [-0.4, -0.2) is 47.9 Å². The minimum Gasteiger partial charge on any atom is -0.494 e. The smallest absolute Gasteiger partial charge is 0.253 e. The van der Waals surface area contributed by atoms with Gasteiger partial charge in [0.2, 0.25) is 5.91 Å². The molecular weight excluding hydrogens is 366 g/mol. The summed E-state index contributed by atoms with van der Waals surface area (Å²) in [5.74, 6) is 0.232. The van der Waals surface area contributed by atoms with Crippen LogP contribution in [0.1, 0.15) is 61.5 Å². The van der Waals surface area contributed by atoms with E-state index in [1.165, 1.54) is 12.8 Å². The van der Waals surface area contributed by atoms with Gasteiger partial charge in [0, 0.05) is 19.3 Å². The van der Waals surface area contributed by atoms with Gasteiger partial charge in [-0.15, -0.1) is 0 Å². The van der Waals surface area contributed by atoms with E-state index in [0.717, 1.165) is 50.0 Å². The highest BCUT2D eigenvalue weighted by atomic mass is 16.5. The van der Waals surface area contributed by atoms with Crippen molar-refractivity contribution in [1.82, 2.24) is 15.2 Å². The summed E-state index contributed by atoms with van der Waals surface area (Å²) in [5, 5.41) is 2.83. The summed E-state index contributed by atoms with van der Waals surface area (Å²) in [5.41, 5.74) is 2.64. The molecule has 1 saturated carbocycles. The van der Waals surface area contributed by atoms with Gasteiger partial charge in [0.1, 0.15) is 17.5 Å². The largest absolute Gasteiger partial charge is 0.494 e. The molecule has 1 spiro atoms. The minimum atomic E-state index is -0.564. The standard InChI is InChI=1S/C23H29N3O3/c1-16(22(28)26-12-10-23(8-9-23)11-13-26)25-21(27)18-14-19(29-2)20(24-15-18)17-6-4-3-5-7-17/h4,6-7,14-16H,3,5,8-13H2,1-2H3,(H,25,27)/t16-/m1/s1. The number of carbonyl (C=O) groups excluding carboxylic acids is 2. The van der Waals surface area contributed by atoms with Gasteiger partial charge in [-0.2, -0.15) is 0 Å². The van der Waals surface area contributed by atoms with E-state index < -0.39 is 6.04 Å². The molecule has 6 nitrogen and oxygen atoms in total. The van der Waals surface area contributed by atoms with Crippen LogP contribution in [0.25, 0.3) is 5.57 Å². The number of hydrogen-bond acceptors (Lipinski definition) is 4. The molecule has 0 unspecified atom stereocenters. The van der Waals surface area contributed by atoms with Crippen molar-refractivity contribution in [3.05, 3.63) is 41.7 Å². The Morgan fingerprint density at radius 3 is 2.59 bits per heavy atom. The second-order valence-corrected chi connectivity index (χ2v) is 8.43. The molecule has 1 aliphatic heterocycles. The first-order valence-corrected chi connectivity index (χ1v) is 10.5. The van der Waals surface area contributed by atoms with E-state index in [9.17, 15) is 9.59 Å². The number of amides is 2. The van der Waals surface area contributed by atoms with Crippen LogP contribution >= 0.6 is 0 Å². The zero-order valence-corrected chi connectivity index (χ0v) is 17.2. The number of nitrogens with one attached hydrogen (secondary N) is 1. The van der Waals surface area contributed by atoms with E-state index in [-0.39, 0.29) is 11.8 Å². The SMILES string of the molecule is COc1cc(C(=O)N[C@H](C)C(=O)N2CCC3(CC2)CC3)cnc1C1=CCCC=C1. The van der Waals surface area contributed by atoms with Gasteiger partial charge in [0.05, 0.1) is 12.7 Å². The molecule has 0 aromatic carbocycles. The Balaban J connectivity index is 1.40. The fourth-order valence-electron chi connectivity index (χ4n) is 4.22. The Kier molecular flexibility index (Phi) is 5.43. The summed E-state index contributed by atoms with van der Waals surface area (Å²) in [6.07, 6.45) is 14.6. The van der Waals surface area contributed by atoms with Gasteiger partial charge in [-0.3, -0.25) is 14.6 Å². The zero-order valence-electron chi connectivity index (χ0n) is 17.2. The molecule has 0 radical (unpaired) electrons. The molecule has 1 atom stereocenters. The topological polar surface area (TPSA) is 71.5 Å². The van der Waals surface area contributed by atoms with Crippen molar-refractivity contribution >= 4 is 17.4 Å². The number of pyridine rings is 1. The maximum atomic E-state index is 12.7. The number of nitrogens with zero attached hydrogens (tertiary/aromatic N) is 2. The predicted molar refractivity (Wildman–Crippen MR) is 112 cm³/mol. The molecule has 1 saturated heterocycles. The summed E-state index contributed by atoms with van der Waals surface area (Å²) < 4.78 is 5.47. The Bertz CT molecular complexity index is 860. The van der Waals surface area contributed by atoms with Gasteiger partial charge in [-0.05, 0) is 62.5 Å². The molecule has 6 heteroatoms. The lowest BCUT2D eigenvalue weighted by Gasteiger charge is -2.33. The molecule has 3 aliphatic rings. The molecule has 1 aromatic rings. The third-order valence-corrected chi connectivity index (χ3v) is 6.41. The monoisotopic (exact) mass is 395 g/mol. The Labute approximate surface area is 172 Å². The second kappa shape index (κ2) is 8.01. The second-order valence-electron chi connectivity index (χ2n) is 8.43. The van der Waals surface area contributed by atoms with E-state index in [1.54, 1.807) is 26.3 Å². The number of piperidine rings is 1. The van der Waals surface area contributed by atoms with Crippen LogP contribution in [0.15, 0.2) is 30.5 Å². The lowest BCUT2D eigenvalue weighted by atomic mass is 9.93. The van der Waals surface area contributed by atoms with Crippen molar-refractivity contribution in [3.8, 4) is 5.75 Å². The van der Waals surface area contributed by atoms with Gasteiger partial charge < -0.3 is 15.0 Å². The highest BCUT2D eigenvalue weighted by Crippen LogP contribution is 2.53. The van der Waals surface area contributed by atoms with Crippen molar-refractivity contribution in [2.24, 2.45) is 5.41 Å². The Morgan fingerprint density at radius 1 is 1.21 bits per heavy atom. The number of rotatable bonds is 5. The van der Waals surface area contributed by atoms with Gasteiger partial charge in [-0.25, -0.2) is 0 Å². The number of hydrogen-bond donors (Lipinski definition) is 1. The number of aromatic nitrogens is 1. The Hall–Kier alpha value is -2.63. The van der Waals surface area contributed by atoms with E-state index in [1.807, 2.05) is 11.0 Å². The summed E-state index contributed by atoms with van der Waals surface area (Å²) in [7, 11) is 1.57. The fraction of sp³-hybridized carbons (Fsp3) is 0.522. The van der Waals surface area contributed by atoms with E-state index >= 15 is 0 Å². The molecule has 4 rings (SSSR count).